The van der Waals surface area contributed by atoms with Crippen LogP contribution in [0.1, 0.15) is 0 Å². The van der Waals surface area contributed by atoms with Crippen LogP contribution in [0.4, 0.5) is 5.69 Å². The summed E-state index contributed by atoms with van der Waals surface area (Å²) in [5, 5.41) is 10.9. The molecule has 0 aliphatic heterocycles. The summed E-state index contributed by atoms with van der Waals surface area (Å²) in [5.41, 5.74) is -0.135. The molecule has 0 bridgehead atoms. The lowest BCUT2D eigenvalue weighted by atomic mass is 10.3. The van der Waals surface area contributed by atoms with Gasteiger partial charge in [-0.25, -0.2) is 9.97 Å². The van der Waals surface area contributed by atoms with E-state index in [1.165, 1.54) is 36.9 Å². The third kappa shape index (κ3) is 2.88. The first-order valence-electron chi connectivity index (χ1n) is 4.53. The summed E-state index contributed by atoms with van der Waals surface area (Å²) in [4.78, 5) is 17.6. The molecule has 0 amide bonds. The molecule has 17 heavy (non-hydrogen) atoms. The van der Waals surface area contributed by atoms with E-state index in [0.29, 0.717) is 5.75 Å². The summed E-state index contributed by atoms with van der Waals surface area (Å²) < 4.78 is 5.34. The van der Waals surface area contributed by atoms with Gasteiger partial charge in [0.2, 0.25) is 0 Å². The van der Waals surface area contributed by atoms with Gasteiger partial charge in [0.25, 0.3) is 5.69 Å². The van der Waals surface area contributed by atoms with E-state index in [-0.39, 0.29) is 16.5 Å². The van der Waals surface area contributed by atoms with E-state index in [1.807, 2.05) is 0 Å². The van der Waals surface area contributed by atoms with Crippen molar-refractivity contribution in [2.75, 3.05) is 0 Å². The molecule has 0 radical (unpaired) electrons. The van der Waals surface area contributed by atoms with E-state index in [2.05, 4.69) is 9.97 Å². The third-order valence-electron chi connectivity index (χ3n) is 1.84. The Kier molecular flexibility index (Phi) is 3.15. The molecule has 0 aliphatic carbocycles. The first kappa shape index (κ1) is 11.3. The Balaban J connectivity index is 2.30. The Hall–Kier alpha value is -2.21. The number of aromatic nitrogens is 2. The zero-order valence-electron chi connectivity index (χ0n) is 8.41. The minimum Gasteiger partial charge on any atom is -0.454 e. The van der Waals surface area contributed by atoms with E-state index in [4.69, 9.17) is 16.3 Å². The zero-order valence-corrected chi connectivity index (χ0v) is 9.16. The molecule has 7 heteroatoms. The molecule has 0 N–H and O–H groups in total. The molecular formula is C10H6ClN3O3. The molecule has 1 aromatic carbocycles. The summed E-state index contributed by atoms with van der Waals surface area (Å²) in [5.74, 6) is 0.642. The van der Waals surface area contributed by atoms with Crippen LogP contribution in [0.3, 0.4) is 0 Å². The lowest BCUT2D eigenvalue weighted by Gasteiger charge is -2.04. The Labute approximate surface area is 101 Å². The third-order valence-corrected chi connectivity index (χ3v) is 2.06. The summed E-state index contributed by atoms with van der Waals surface area (Å²) >= 11 is 5.74. The molecule has 0 saturated carbocycles. The van der Waals surface area contributed by atoms with Crippen LogP contribution < -0.4 is 4.74 Å². The second-order valence-corrected chi connectivity index (χ2v) is 3.51. The average Bonchev–Trinajstić information content (AvgIpc) is 2.29. The van der Waals surface area contributed by atoms with Crippen molar-refractivity contribution in [3.8, 4) is 11.5 Å². The Morgan fingerprint density at radius 1 is 1.18 bits per heavy atom. The molecule has 0 aliphatic rings. The smallest absolute Gasteiger partial charge is 0.274 e. The zero-order chi connectivity index (χ0) is 12.3. The van der Waals surface area contributed by atoms with Gasteiger partial charge in [0, 0.05) is 6.07 Å². The lowest BCUT2D eigenvalue weighted by molar-refractivity contribution is -0.384. The van der Waals surface area contributed by atoms with Crippen molar-refractivity contribution in [3.63, 3.8) is 0 Å². The molecular weight excluding hydrogens is 246 g/mol. The summed E-state index contributed by atoms with van der Waals surface area (Å²) in [7, 11) is 0. The van der Waals surface area contributed by atoms with Crippen LogP contribution in [0.15, 0.2) is 36.9 Å². The van der Waals surface area contributed by atoms with Crippen molar-refractivity contribution in [2.45, 2.75) is 0 Å². The number of halogens is 1. The van der Waals surface area contributed by atoms with Crippen molar-refractivity contribution >= 4 is 17.3 Å². The number of nitro groups is 1. The Bertz CT molecular complexity index is 548. The molecule has 1 aromatic heterocycles. The molecule has 2 rings (SSSR count). The molecule has 86 valence electrons. The maximum atomic E-state index is 10.6. The highest BCUT2D eigenvalue weighted by molar-refractivity contribution is 6.30. The van der Waals surface area contributed by atoms with Crippen molar-refractivity contribution in [1.82, 2.24) is 9.97 Å². The van der Waals surface area contributed by atoms with Crippen molar-refractivity contribution in [1.29, 1.82) is 0 Å². The van der Waals surface area contributed by atoms with E-state index < -0.39 is 4.92 Å². The summed E-state index contributed by atoms with van der Waals surface area (Å²) in [6.07, 6.45) is 4.24. The Morgan fingerprint density at radius 3 is 2.53 bits per heavy atom. The van der Waals surface area contributed by atoms with Crippen LogP contribution in [0, 0.1) is 10.1 Å². The van der Waals surface area contributed by atoms with Gasteiger partial charge in [0.1, 0.15) is 12.1 Å². The largest absolute Gasteiger partial charge is 0.454 e. The standard InChI is InChI=1S/C10H6ClN3O3/c11-7-1-8(14(15)16)3-9(2-7)17-10-4-12-6-13-5-10/h1-6H. The molecule has 0 atom stereocenters. The monoisotopic (exact) mass is 251 g/mol. The maximum Gasteiger partial charge on any atom is 0.274 e. The molecule has 2 aromatic rings. The predicted octanol–water partition coefficient (Wildman–Crippen LogP) is 2.83. The predicted molar refractivity (Wildman–Crippen MR) is 60.2 cm³/mol. The number of rotatable bonds is 3. The minimum atomic E-state index is -0.541. The van der Waals surface area contributed by atoms with Crippen LogP contribution >= 0.6 is 11.6 Å². The lowest BCUT2D eigenvalue weighted by Crippen LogP contribution is -1.91. The van der Waals surface area contributed by atoms with Gasteiger partial charge in [-0.15, -0.1) is 0 Å². The highest BCUT2D eigenvalue weighted by Crippen LogP contribution is 2.28. The molecule has 0 unspecified atom stereocenters. The van der Waals surface area contributed by atoms with Crippen LogP contribution in [-0.2, 0) is 0 Å². The Morgan fingerprint density at radius 2 is 1.88 bits per heavy atom. The van der Waals surface area contributed by atoms with Gasteiger partial charge in [-0.3, -0.25) is 10.1 Å². The molecule has 0 fully saturated rings. The molecule has 0 saturated heterocycles. The molecule has 0 spiro atoms. The highest BCUT2D eigenvalue weighted by atomic mass is 35.5. The number of non-ortho nitro benzene ring substituents is 1. The summed E-state index contributed by atoms with van der Waals surface area (Å²) in [6.45, 7) is 0. The van der Waals surface area contributed by atoms with Crippen LogP contribution in [-0.4, -0.2) is 14.9 Å². The van der Waals surface area contributed by atoms with Crippen molar-refractivity contribution < 1.29 is 9.66 Å². The second-order valence-electron chi connectivity index (χ2n) is 3.08. The average molecular weight is 252 g/mol. The van der Waals surface area contributed by atoms with E-state index in [1.54, 1.807) is 0 Å². The van der Waals surface area contributed by atoms with Crippen LogP contribution in [0.5, 0.6) is 11.5 Å². The number of ether oxygens (including phenoxy) is 1. The number of benzene rings is 1. The fourth-order valence-corrected chi connectivity index (χ4v) is 1.41. The minimum absolute atomic E-state index is 0.135. The van der Waals surface area contributed by atoms with E-state index in [9.17, 15) is 10.1 Å². The fraction of sp³-hybridized carbons (Fsp3) is 0. The first-order valence-corrected chi connectivity index (χ1v) is 4.91. The quantitative estimate of drug-likeness (QED) is 0.619. The number of nitrogens with zero attached hydrogens (tertiary/aromatic N) is 3. The number of hydrogen-bond donors (Lipinski definition) is 0. The van der Waals surface area contributed by atoms with Gasteiger partial charge in [0.05, 0.1) is 28.4 Å². The maximum absolute atomic E-state index is 10.6. The van der Waals surface area contributed by atoms with Gasteiger partial charge in [-0.1, -0.05) is 11.6 Å². The topological polar surface area (TPSA) is 78.2 Å². The number of nitro benzene ring substituents is 1. The second kappa shape index (κ2) is 4.75. The summed E-state index contributed by atoms with van der Waals surface area (Å²) in [6, 6.07) is 4.00. The fourth-order valence-electron chi connectivity index (χ4n) is 1.19. The molecule has 1 heterocycles. The van der Waals surface area contributed by atoms with Crippen molar-refractivity contribution in [2.24, 2.45) is 0 Å². The van der Waals surface area contributed by atoms with Gasteiger partial charge >= 0.3 is 0 Å². The van der Waals surface area contributed by atoms with Gasteiger partial charge in [-0.05, 0) is 6.07 Å². The van der Waals surface area contributed by atoms with E-state index in [0.717, 1.165) is 0 Å². The SMILES string of the molecule is O=[N+]([O-])c1cc(Cl)cc(Oc2cncnc2)c1. The van der Waals surface area contributed by atoms with E-state index >= 15 is 0 Å². The van der Waals surface area contributed by atoms with Gasteiger partial charge in [0.15, 0.2) is 5.75 Å². The van der Waals surface area contributed by atoms with Gasteiger partial charge in [-0.2, -0.15) is 0 Å². The normalized spacial score (nSPS) is 9.94. The van der Waals surface area contributed by atoms with Crippen LogP contribution in [0.2, 0.25) is 5.02 Å². The highest BCUT2D eigenvalue weighted by Gasteiger charge is 2.10. The van der Waals surface area contributed by atoms with Crippen LogP contribution in [0.25, 0.3) is 0 Å². The van der Waals surface area contributed by atoms with Gasteiger partial charge < -0.3 is 4.74 Å². The van der Waals surface area contributed by atoms with Crippen molar-refractivity contribution in [3.05, 3.63) is 52.1 Å². The first-order chi connectivity index (χ1) is 8.15. The number of hydrogen-bond acceptors (Lipinski definition) is 5. The molecule has 6 nitrogen and oxygen atoms in total.